The number of fused-ring (bicyclic) bond motifs is 1. The molecule has 21 heavy (non-hydrogen) atoms. The smallest absolute Gasteiger partial charge is 0.268 e. The average molecular weight is 309 g/mol. The number of carbonyl (C=O) groups excluding carboxylic acids is 2. The first-order valence-electron chi connectivity index (χ1n) is 7.11. The molecule has 0 bridgehead atoms. The topological polar surface area (TPSA) is 49.9 Å². The van der Waals surface area contributed by atoms with Crippen LogP contribution in [0.15, 0.2) is 18.2 Å². The lowest BCUT2D eigenvalue weighted by Gasteiger charge is -2.33. The summed E-state index contributed by atoms with van der Waals surface area (Å²) in [7, 11) is 0. The number of rotatable bonds is 2. The fourth-order valence-corrected chi connectivity index (χ4v) is 2.91. The molecule has 6 heteroatoms. The maximum Gasteiger partial charge on any atom is 0.268 e. The van der Waals surface area contributed by atoms with Crippen LogP contribution in [0.25, 0.3) is 0 Å². The minimum absolute atomic E-state index is 0.0270. The van der Waals surface area contributed by atoms with E-state index in [1.165, 1.54) is 4.90 Å². The van der Waals surface area contributed by atoms with Crippen molar-refractivity contribution in [3.63, 3.8) is 0 Å². The third-order valence-corrected chi connectivity index (χ3v) is 4.12. The van der Waals surface area contributed by atoms with Crippen molar-refractivity contribution in [3.05, 3.63) is 23.2 Å². The molecule has 3 rings (SSSR count). The third kappa shape index (κ3) is 2.70. The van der Waals surface area contributed by atoms with Crippen LogP contribution in [-0.4, -0.2) is 42.5 Å². The molecule has 1 unspecified atom stereocenters. The third-order valence-electron chi connectivity index (χ3n) is 3.88. The van der Waals surface area contributed by atoms with Gasteiger partial charge < -0.3 is 9.64 Å². The van der Waals surface area contributed by atoms with Gasteiger partial charge >= 0.3 is 0 Å². The molecule has 2 aliphatic heterocycles. The van der Waals surface area contributed by atoms with Crippen molar-refractivity contribution in [1.82, 2.24) is 4.90 Å². The Labute approximate surface area is 128 Å². The van der Waals surface area contributed by atoms with Gasteiger partial charge in [-0.1, -0.05) is 11.6 Å². The molecular formula is C15H17ClN2O3. The number of nitrogens with zero attached hydrogens (tertiary/aromatic N) is 2. The number of anilines is 1. The molecule has 1 aromatic rings. The van der Waals surface area contributed by atoms with E-state index in [4.69, 9.17) is 16.3 Å². The molecule has 2 heterocycles. The molecule has 112 valence electrons. The molecule has 5 nitrogen and oxygen atoms in total. The number of hydrogen-bond donors (Lipinski definition) is 0. The first-order valence-corrected chi connectivity index (χ1v) is 7.49. The fourth-order valence-electron chi connectivity index (χ4n) is 2.75. The highest BCUT2D eigenvalue weighted by molar-refractivity contribution is 6.31. The Balaban J connectivity index is 1.87. The standard InChI is InChI=1S/C15H17ClN2O3/c1-10-15(20)18(9-14(19)17-6-2-3-7-17)12-8-11(16)4-5-13(12)21-10/h4-5,8,10H,2-3,6-7,9H2,1H3. The summed E-state index contributed by atoms with van der Waals surface area (Å²) in [6.07, 6.45) is 1.47. The Morgan fingerprint density at radius 3 is 2.81 bits per heavy atom. The summed E-state index contributed by atoms with van der Waals surface area (Å²) in [5, 5.41) is 0.512. The summed E-state index contributed by atoms with van der Waals surface area (Å²) in [5.41, 5.74) is 0.568. The maximum atomic E-state index is 12.3. The first-order chi connectivity index (χ1) is 10.1. The van der Waals surface area contributed by atoms with Gasteiger partial charge in [0, 0.05) is 18.1 Å². The van der Waals surface area contributed by atoms with Crippen molar-refractivity contribution < 1.29 is 14.3 Å². The Morgan fingerprint density at radius 1 is 1.38 bits per heavy atom. The van der Waals surface area contributed by atoms with E-state index in [1.807, 2.05) is 0 Å². The summed E-state index contributed by atoms with van der Waals surface area (Å²) in [6, 6.07) is 5.11. The first kappa shape index (κ1) is 14.2. The van der Waals surface area contributed by atoms with Gasteiger partial charge in [-0.25, -0.2) is 0 Å². The van der Waals surface area contributed by atoms with Gasteiger partial charge in [-0.3, -0.25) is 14.5 Å². The van der Waals surface area contributed by atoms with Gasteiger partial charge in [0.25, 0.3) is 5.91 Å². The van der Waals surface area contributed by atoms with Gasteiger partial charge in [-0.15, -0.1) is 0 Å². The minimum Gasteiger partial charge on any atom is -0.479 e. The molecular weight excluding hydrogens is 292 g/mol. The van der Waals surface area contributed by atoms with Crippen LogP contribution in [0, 0.1) is 0 Å². The van der Waals surface area contributed by atoms with Gasteiger partial charge in [-0.2, -0.15) is 0 Å². The van der Waals surface area contributed by atoms with E-state index in [1.54, 1.807) is 30.0 Å². The highest BCUT2D eigenvalue weighted by Crippen LogP contribution is 2.36. The van der Waals surface area contributed by atoms with Crippen molar-refractivity contribution in [2.75, 3.05) is 24.5 Å². The Hall–Kier alpha value is -1.75. The van der Waals surface area contributed by atoms with Crippen LogP contribution >= 0.6 is 11.6 Å². The van der Waals surface area contributed by atoms with E-state index >= 15 is 0 Å². The molecule has 1 saturated heterocycles. The Morgan fingerprint density at radius 2 is 2.10 bits per heavy atom. The predicted octanol–water partition coefficient (Wildman–Crippen LogP) is 2.08. The summed E-state index contributed by atoms with van der Waals surface area (Å²) in [4.78, 5) is 27.9. The minimum atomic E-state index is -0.593. The summed E-state index contributed by atoms with van der Waals surface area (Å²) >= 11 is 6.00. The molecule has 0 aromatic heterocycles. The van der Waals surface area contributed by atoms with Gasteiger partial charge in [0.05, 0.1) is 5.69 Å². The molecule has 0 radical (unpaired) electrons. The molecule has 1 aromatic carbocycles. The fraction of sp³-hybridized carbons (Fsp3) is 0.467. The Bertz CT molecular complexity index is 584. The van der Waals surface area contributed by atoms with E-state index in [0.717, 1.165) is 25.9 Å². The molecule has 0 aliphatic carbocycles. The number of hydrogen-bond acceptors (Lipinski definition) is 3. The second-order valence-corrected chi connectivity index (χ2v) is 5.82. The van der Waals surface area contributed by atoms with Gasteiger partial charge in [0.1, 0.15) is 12.3 Å². The molecule has 0 N–H and O–H groups in total. The highest BCUT2D eigenvalue weighted by atomic mass is 35.5. The van der Waals surface area contributed by atoms with Crippen LogP contribution in [0.5, 0.6) is 5.75 Å². The second kappa shape index (κ2) is 5.56. The SMILES string of the molecule is CC1Oc2ccc(Cl)cc2N(CC(=O)N2CCCC2)C1=O. The number of benzene rings is 1. The lowest BCUT2D eigenvalue weighted by molar-refractivity contribution is -0.132. The van der Waals surface area contributed by atoms with Crippen molar-refractivity contribution in [1.29, 1.82) is 0 Å². The number of halogens is 1. The molecule has 1 atom stereocenters. The van der Waals surface area contributed by atoms with E-state index in [9.17, 15) is 9.59 Å². The van der Waals surface area contributed by atoms with Crippen LogP contribution in [0.3, 0.4) is 0 Å². The summed E-state index contributed by atoms with van der Waals surface area (Å²) in [6.45, 7) is 3.28. The summed E-state index contributed by atoms with van der Waals surface area (Å²) in [5.74, 6) is 0.346. The zero-order valence-corrected chi connectivity index (χ0v) is 12.6. The molecule has 2 amide bonds. The molecule has 2 aliphatic rings. The molecule has 0 saturated carbocycles. The van der Waals surface area contributed by atoms with Gasteiger partial charge in [0.15, 0.2) is 6.10 Å². The number of likely N-dealkylation sites (tertiary alicyclic amines) is 1. The van der Waals surface area contributed by atoms with E-state index < -0.39 is 6.10 Å². The number of carbonyl (C=O) groups is 2. The van der Waals surface area contributed by atoms with E-state index in [-0.39, 0.29) is 18.4 Å². The lowest BCUT2D eigenvalue weighted by atomic mass is 10.2. The van der Waals surface area contributed by atoms with Crippen molar-refractivity contribution in [2.24, 2.45) is 0 Å². The zero-order chi connectivity index (χ0) is 15.0. The van der Waals surface area contributed by atoms with E-state index in [2.05, 4.69) is 0 Å². The molecule has 1 fully saturated rings. The normalized spacial score (nSPS) is 21.2. The number of ether oxygens (including phenoxy) is 1. The lowest BCUT2D eigenvalue weighted by Crippen LogP contribution is -2.49. The average Bonchev–Trinajstić information content (AvgIpc) is 2.99. The summed E-state index contributed by atoms with van der Waals surface area (Å²) < 4.78 is 5.56. The largest absolute Gasteiger partial charge is 0.479 e. The van der Waals surface area contributed by atoms with Crippen LogP contribution in [0.2, 0.25) is 5.02 Å². The second-order valence-electron chi connectivity index (χ2n) is 5.38. The quantitative estimate of drug-likeness (QED) is 0.840. The predicted molar refractivity (Wildman–Crippen MR) is 79.7 cm³/mol. The monoisotopic (exact) mass is 308 g/mol. The highest BCUT2D eigenvalue weighted by Gasteiger charge is 2.34. The van der Waals surface area contributed by atoms with Gasteiger partial charge in [0.2, 0.25) is 5.91 Å². The van der Waals surface area contributed by atoms with Crippen molar-refractivity contribution in [3.8, 4) is 5.75 Å². The van der Waals surface area contributed by atoms with Crippen LogP contribution in [0.1, 0.15) is 19.8 Å². The van der Waals surface area contributed by atoms with Crippen LogP contribution in [-0.2, 0) is 9.59 Å². The van der Waals surface area contributed by atoms with Crippen LogP contribution < -0.4 is 9.64 Å². The van der Waals surface area contributed by atoms with Crippen LogP contribution in [0.4, 0.5) is 5.69 Å². The Kier molecular flexibility index (Phi) is 3.76. The van der Waals surface area contributed by atoms with Gasteiger partial charge in [-0.05, 0) is 38.0 Å². The van der Waals surface area contributed by atoms with Crippen molar-refractivity contribution >= 4 is 29.1 Å². The zero-order valence-electron chi connectivity index (χ0n) is 11.8. The molecule has 0 spiro atoms. The van der Waals surface area contributed by atoms with E-state index in [0.29, 0.717) is 16.5 Å². The van der Waals surface area contributed by atoms with Crippen molar-refractivity contribution in [2.45, 2.75) is 25.9 Å². The maximum absolute atomic E-state index is 12.3. The number of amides is 2.